The number of aliphatic imine (C=N–C) groups is 1. The van der Waals surface area contributed by atoms with Gasteiger partial charge < -0.3 is 14.8 Å². The number of carbonyl (C=O) groups excluding carboxylic acids is 2. The lowest BCUT2D eigenvalue weighted by Gasteiger charge is -2.14. The Bertz CT molecular complexity index is 1380. The van der Waals surface area contributed by atoms with Gasteiger partial charge in [0.15, 0.2) is 23.3 Å². The number of likely N-dealkylation sites (N-methyl/N-ethyl adjacent to an activating group) is 1. The Morgan fingerprint density at radius 3 is 2.47 bits per heavy atom. The summed E-state index contributed by atoms with van der Waals surface area (Å²) < 4.78 is 25.5. The van der Waals surface area contributed by atoms with Gasteiger partial charge in [0, 0.05) is 16.7 Å². The first-order chi connectivity index (χ1) is 18.4. The average Bonchev–Trinajstić information content (AvgIpc) is 3.20. The van der Waals surface area contributed by atoms with Gasteiger partial charge in [0.1, 0.15) is 5.82 Å². The fourth-order valence-corrected chi connectivity index (χ4v) is 5.03. The number of ether oxygens (including phenoxy) is 2. The van der Waals surface area contributed by atoms with Crippen LogP contribution in [0.15, 0.2) is 81.1 Å². The predicted molar refractivity (Wildman–Crippen MR) is 152 cm³/mol. The molecule has 1 N–H and O–H groups in total. The molecule has 7 nitrogen and oxygen atoms in total. The summed E-state index contributed by atoms with van der Waals surface area (Å²) in [6.07, 6.45) is 1.75. The second-order valence-electron chi connectivity index (χ2n) is 7.99. The molecule has 0 spiro atoms. The van der Waals surface area contributed by atoms with Gasteiger partial charge in [-0.05, 0) is 85.8 Å². The predicted octanol–water partition coefficient (Wildman–Crippen LogP) is 6.63. The van der Waals surface area contributed by atoms with E-state index in [1.165, 1.54) is 23.9 Å². The number of amides is 2. The van der Waals surface area contributed by atoms with Crippen LogP contribution in [0.1, 0.15) is 19.4 Å². The van der Waals surface area contributed by atoms with Crippen LogP contribution in [0.3, 0.4) is 0 Å². The number of benzene rings is 3. The maximum atomic E-state index is 13.3. The van der Waals surface area contributed by atoms with Crippen molar-refractivity contribution in [2.45, 2.75) is 13.8 Å². The first kappa shape index (κ1) is 27.4. The van der Waals surface area contributed by atoms with Gasteiger partial charge in [-0.15, -0.1) is 0 Å². The van der Waals surface area contributed by atoms with Crippen LogP contribution < -0.4 is 14.8 Å². The topological polar surface area (TPSA) is 80.2 Å². The summed E-state index contributed by atoms with van der Waals surface area (Å²) in [4.78, 5) is 32.0. The van der Waals surface area contributed by atoms with Crippen LogP contribution in [0.5, 0.6) is 11.5 Å². The number of halogens is 2. The van der Waals surface area contributed by atoms with Crippen molar-refractivity contribution in [3.05, 3.63) is 87.5 Å². The smallest absolute Gasteiger partial charge is 0.266 e. The number of anilines is 1. The molecule has 0 unspecified atom stereocenters. The van der Waals surface area contributed by atoms with E-state index in [1.54, 1.807) is 47.4 Å². The van der Waals surface area contributed by atoms with Crippen molar-refractivity contribution in [1.82, 2.24) is 4.90 Å². The maximum absolute atomic E-state index is 13.3. The molecule has 3 aromatic carbocycles. The minimum atomic E-state index is -0.351. The van der Waals surface area contributed by atoms with Gasteiger partial charge in [-0.3, -0.25) is 14.5 Å². The lowest BCUT2D eigenvalue weighted by atomic mass is 10.2. The summed E-state index contributed by atoms with van der Waals surface area (Å²) in [6.45, 7) is 4.33. The van der Waals surface area contributed by atoms with Crippen molar-refractivity contribution in [2.75, 3.05) is 25.1 Å². The second kappa shape index (κ2) is 12.7. The van der Waals surface area contributed by atoms with Crippen molar-refractivity contribution in [3.8, 4) is 11.5 Å². The minimum absolute atomic E-state index is 0.180. The van der Waals surface area contributed by atoms with Crippen LogP contribution in [0.4, 0.5) is 15.8 Å². The zero-order chi connectivity index (χ0) is 27.1. The largest absolute Gasteiger partial charge is 0.490 e. The molecule has 1 saturated heterocycles. The first-order valence-corrected chi connectivity index (χ1v) is 13.5. The maximum Gasteiger partial charge on any atom is 0.266 e. The number of amidine groups is 1. The second-order valence-corrected chi connectivity index (χ2v) is 9.85. The molecule has 1 aliphatic rings. The molecule has 38 heavy (non-hydrogen) atoms. The molecule has 1 aliphatic heterocycles. The third kappa shape index (κ3) is 6.81. The molecule has 0 saturated carbocycles. The third-order valence-corrected chi connectivity index (χ3v) is 7.01. The summed E-state index contributed by atoms with van der Waals surface area (Å²) >= 11 is 4.79. The quantitative estimate of drug-likeness (QED) is 0.280. The van der Waals surface area contributed by atoms with Crippen molar-refractivity contribution in [1.29, 1.82) is 0 Å². The number of hydrogen-bond donors (Lipinski definition) is 1. The van der Waals surface area contributed by atoms with Crippen LogP contribution in [0, 0.1) is 5.82 Å². The molecule has 0 radical (unpaired) electrons. The minimum Gasteiger partial charge on any atom is -0.490 e. The summed E-state index contributed by atoms with van der Waals surface area (Å²) in [5, 5.41) is 3.29. The van der Waals surface area contributed by atoms with E-state index in [1.807, 2.05) is 32.0 Å². The van der Waals surface area contributed by atoms with Crippen LogP contribution in [-0.4, -0.2) is 41.6 Å². The molecule has 0 aromatic heterocycles. The SMILES string of the molecule is CCOc1cc(/C=C2/SC(=Nc3ccc(F)cc3)N(CC)C2=O)c(Br)cc1OCC(=O)Nc1ccccc1. The number of nitrogens with one attached hydrogen (secondary N) is 1. The molecule has 1 fully saturated rings. The summed E-state index contributed by atoms with van der Waals surface area (Å²) in [6, 6.07) is 18.4. The third-order valence-electron chi connectivity index (χ3n) is 5.32. The number of thioether (sulfide) groups is 1. The standard InChI is InChI=1S/C28H25BrFN3O4S/c1-3-33-27(35)25(38-28(33)32-21-12-10-19(30)11-13-21)15-18-14-23(36-4-2)24(16-22(18)29)37-17-26(34)31-20-8-6-5-7-9-20/h5-16H,3-4,17H2,1-2H3,(H,31,34)/b25-15+,32-28?. The molecular weight excluding hydrogens is 573 g/mol. The van der Waals surface area contributed by atoms with E-state index in [4.69, 9.17) is 9.47 Å². The normalized spacial score (nSPS) is 15.3. The van der Waals surface area contributed by atoms with Gasteiger partial charge in [-0.2, -0.15) is 0 Å². The van der Waals surface area contributed by atoms with E-state index < -0.39 is 0 Å². The summed E-state index contributed by atoms with van der Waals surface area (Å²) in [7, 11) is 0. The molecule has 0 bridgehead atoms. The van der Waals surface area contributed by atoms with E-state index in [9.17, 15) is 14.0 Å². The number of carbonyl (C=O) groups is 2. The highest BCUT2D eigenvalue weighted by Gasteiger charge is 2.32. The molecule has 4 rings (SSSR count). The molecule has 2 amide bonds. The molecule has 1 heterocycles. The Hall–Kier alpha value is -3.63. The molecule has 196 valence electrons. The van der Waals surface area contributed by atoms with Gasteiger partial charge in [-0.1, -0.05) is 34.1 Å². The lowest BCUT2D eigenvalue weighted by Crippen LogP contribution is -2.28. The van der Waals surface area contributed by atoms with E-state index in [-0.39, 0.29) is 24.2 Å². The van der Waals surface area contributed by atoms with Crippen molar-refractivity contribution < 1.29 is 23.5 Å². The van der Waals surface area contributed by atoms with Crippen LogP contribution in [0.2, 0.25) is 0 Å². The van der Waals surface area contributed by atoms with E-state index in [0.29, 0.717) is 56.1 Å². The highest BCUT2D eigenvalue weighted by Crippen LogP contribution is 2.39. The van der Waals surface area contributed by atoms with E-state index >= 15 is 0 Å². The zero-order valence-electron chi connectivity index (χ0n) is 20.7. The Balaban J connectivity index is 1.54. The van der Waals surface area contributed by atoms with Crippen molar-refractivity contribution in [3.63, 3.8) is 0 Å². The van der Waals surface area contributed by atoms with Gasteiger partial charge in [0.05, 0.1) is 17.2 Å². The lowest BCUT2D eigenvalue weighted by molar-refractivity contribution is -0.122. The Morgan fingerprint density at radius 1 is 1.08 bits per heavy atom. The summed E-state index contributed by atoms with van der Waals surface area (Å²) in [5.41, 5.74) is 1.93. The highest BCUT2D eigenvalue weighted by molar-refractivity contribution is 9.10. The van der Waals surface area contributed by atoms with E-state index in [2.05, 4.69) is 26.2 Å². The van der Waals surface area contributed by atoms with Gasteiger partial charge in [0.25, 0.3) is 11.8 Å². The fraction of sp³-hybridized carbons (Fsp3) is 0.179. The van der Waals surface area contributed by atoms with Crippen molar-refractivity contribution in [2.24, 2.45) is 4.99 Å². The monoisotopic (exact) mass is 597 g/mol. The van der Waals surface area contributed by atoms with Crippen molar-refractivity contribution >= 4 is 62.1 Å². The summed E-state index contributed by atoms with van der Waals surface area (Å²) in [5.74, 6) is 0.000190. The average molecular weight is 598 g/mol. The molecular formula is C28H25BrFN3O4S. The molecule has 3 aromatic rings. The van der Waals surface area contributed by atoms with Crippen LogP contribution in [0.25, 0.3) is 6.08 Å². The van der Waals surface area contributed by atoms with Crippen LogP contribution >= 0.6 is 27.7 Å². The Kier molecular flexibility index (Phi) is 9.19. The first-order valence-electron chi connectivity index (χ1n) is 11.9. The van der Waals surface area contributed by atoms with Gasteiger partial charge in [-0.25, -0.2) is 9.38 Å². The Morgan fingerprint density at radius 2 is 1.79 bits per heavy atom. The number of rotatable bonds is 9. The Labute approximate surface area is 232 Å². The zero-order valence-corrected chi connectivity index (χ0v) is 23.1. The van der Waals surface area contributed by atoms with Gasteiger partial charge in [0.2, 0.25) is 0 Å². The number of para-hydroxylation sites is 1. The number of hydrogen-bond acceptors (Lipinski definition) is 6. The highest BCUT2D eigenvalue weighted by atomic mass is 79.9. The molecule has 0 aliphatic carbocycles. The fourth-order valence-electron chi connectivity index (χ4n) is 3.54. The van der Waals surface area contributed by atoms with E-state index in [0.717, 1.165) is 0 Å². The number of nitrogens with zero attached hydrogens (tertiary/aromatic N) is 2. The van der Waals surface area contributed by atoms with Gasteiger partial charge >= 0.3 is 0 Å². The molecule has 0 atom stereocenters. The molecule has 10 heteroatoms. The van der Waals surface area contributed by atoms with Crippen LogP contribution in [-0.2, 0) is 9.59 Å².